The third-order valence-corrected chi connectivity index (χ3v) is 1.67. The van der Waals surface area contributed by atoms with Crippen molar-refractivity contribution in [2.24, 2.45) is 0 Å². The molecule has 0 aromatic rings. The first-order valence-electron chi connectivity index (χ1n) is 4.99. The van der Waals surface area contributed by atoms with Crippen molar-refractivity contribution in [2.45, 2.75) is 25.7 Å². The normalized spacial score (nSPS) is 10.2. The Hall–Kier alpha value is -1.72. The maximum Gasteiger partial charge on any atom is 0.505 e. The minimum atomic E-state index is -1.26. The first-order chi connectivity index (χ1) is 7.63. The molecule has 6 nitrogen and oxygen atoms in total. The van der Waals surface area contributed by atoms with Crippen molar-refractivity contribution in [1.29, 1.82) is 0 Å². The van der Waals surface area contributed by atoms with Crippen LogP contribution in [-0.2, 0) is 9.47 Å². The first-order valence-corrected chi connectivity index (χ1v) is 4.99. The van der Waals surface area contributed by atoms with E-state index < -0.39 is 12.3 Å². The fraction of sp³-hybridized carbons (Fsp3) is 0.600. The molecule has 0 aliphatic carbocycles. The van der Waals surface area contributed by atoms with Gasteiger partial charge in [0.25, 0.3) is 0 Å². The van der Waals surface area contributed by atoms with E-state index in [-0.39, 0.29) is 13.2 Å². The van der Waals surface area contributed by atoms with E-state index in [2.05, 4.69) is 9.47 Å². The summed E-state index contributed by atoms with van der Waals surface area (Å²) >= 11 is 0. The van der Waals surface area contributed by atoms with Crippen LogP contribution in [0.15, 0.2) is 12.2 Å². The lowest BCUT2D eigenvalue weighted by atomic mass is 10.2. The monoisotopic (exact) mass is 232 g/mol. The van der Waals surface area contributed by atoms with Crippen LogP contribution in [0.1, 0.15) is 25.7 Å². The summed E-state index contributed by atoms with van der Waals surface area (Å²) in [5.74, 6) is 0. The van der Waals surface area contributed by atoms with E-state index in [9.17, 15) is 9.59 Å². The van der Waals surface area contributed by atoms with Crippen LogP contribution >= 0.6 is 0 Å². The van der Waals surface area contributed by atoms with Crippen molar-refractivity contribution >= 4 is 12.3 Å². The summed E-state index contributed by atoms with van der Waals surface area (Å²) in [5.41, 5.74) is 0. The van der Waals surface area contributed by atoms with Crippen LogP contribution < -0.4 is 0 Å². The van der Waals surface area contributed by atoms with Gasteiger partial charge in [-0.05, 0) is 25.7 Å². The van der Waals surface area contributed by atoms with Gasteiger partial charge in [0.1, 0.15) is 0 Å². The van der Waals surface area contributed by atoms with Crippen molar-refractivity contribution < 1.29 is 29.3 Å². The fourth-order valence-corrected chi connectivity index (χ4v) is 0.974. The molecular formula is C10H16O6. The quantitative estimate of drug-likeness (QED) is 0.379. The highest BCUT2D eigenvalue weighted by atomic mass is 16.7. The van der Waals surface area contributed by atoms with E-state index in [1.54, 1.807) is 0 Å². The number of unbranched alkanes of at least 4 members (excludes halogenated alkanes) is 2. The summed E-state index contributed by atoms with van der Waals surface area (Å²) in [6.07, 6.45) is 4.12. The van der Waals surface area contributed by atoms with Crippen molar-refractivity contribution in [1.82, 2.24) is 0 Å². The maximum atomic E-state index is 9.96. The molecule has 0 heterocycles. The predicted octanol–water partition coefficient (Wildman–Crippen LogP) is 2.49. The SMILES string of the molecule is O=C(O)OCCC=CCCCCOC(=O)O. The van der Waals surface area contributed by atoms with Gasteiger partial charge in [-0.25, -0.2) is 9.59 Å². The number of carbonyl (C=O) groups is 2. The van der Waals surface area contributed by atoms with Crippen LogP contribution in [0, 0.1) is 0 Å². The molecule has 0 aliphatic heterocycles. The zero-order chi connectivity index (χ0) is 12.2. The zero-order valence-corrected chi connectivity index (χ0v) is 8.92. The van der Waals surface area contributed by atoms with Crippen LogP contribution in [0.4, 0.5) is 9.59 Å². The predicted molar refractivity (Wildman–Crippen MR) is 55.6 cm³/mol. The van der Waals surface area contributed by atoms with E-state index >= 15 is 0 Å². The van der Waals surface area contributed by atoms with Gasteiger partial charge in [0, 0.05) is 0 Å². The first kappa shape index (κ1) is 14.3. The topological polar surface area (TPSA) is 93.1 Å². The third-order valence-electron chi connectivity index (χ3n) is 1.67. The maximum absolute atomic E-state index is 9.96. The standard InChI is InChI=1S/C10H16O6/c11-9(12)15-7-5-3-1-2-4-6-8-16-10(13)14/h1,3H,2,4-8H2,(H,11,12)(H,13,14). The van der Waals surface area contributed by atoms with Crippen LogP contribution in [-0.4, -0.2) is 35.7 Å². The highest BCUT2D eigenvalue weighted by Gasteiger charge is 1.94. The zero-order valence-electron chi connectivity index (χ0n) is 8.92. The Bertz CT molecular complexity index is 235. The smallest absolute Gasteiger partial charge is 0.450 e. The van der Waals surface area contributed by atoms with Crippen LogP contribution in [0.5, 0.6) is 0 Å². The molecule has 0 unspecified atom stereocenters. The lowest BCUT2D eigenvalue weighted by Gasteiger charge is -1.98. The van der Waals surface area contributed by atoms with Gasteiger partial charge in [0.2, 0.25) is 0 Å². The molecule has 0 spiro atoms. The van der Waals surface area contributed by atoms with Gasteiger partial charge < -0.3 is 19.7 Å². The van der Waals surface area contributed by atoms with Gasteiger partial charge in [0.15, 0.2) is 0 Å². The lowest BCUT2D eigenvalue weighted by molar-refractivity contribution is 0.0896. The number of hydrogen-bond donors (Lipinski definition) is 2. The second-order valence-corrected chi connectivity index (χ2v) is 2.98. The molecule has 0 fully saturated rings. The molecule has 2 N–H and O–H groups in total. The molecule has 16 heavy (non-hydrogen) atoms. The number of allylic oxidation sites excluding steroid dienone is 1. The second-order valence-electron chi connectivity index (χ2n) is 2.98. The molecule has 0 radical (unpaired) electrons. The van der Waals surface area contributed by atoms with Gasteiger partial charge in [-0.15, -0.1) is 0 Å². The van der Waals surface area contributed by atoms with Crippen LogP contribution in [0.3, 0.4) is 0 Å². The summed E-state index contributed by atoms with van der Waals surface area (Å²) in [7, 11) is 0. The average Bonchev–Trinajstić information content (AvgIpc) is 2.20. The summed E-state index contributed by atoms with van der Waals surface area (Å²) < 4.78 is 8.61. The highest BCUT2D eigenvalue weighted by molar-refractivity contribution is 5.56. The second kappa shape index (κ2) is 9.82. The molecule has 0 rings (SSSR count). The van der Waals surface area contributed by atoms with Gasteiger partial charge in [-0.2, -0.15) is 0 Å². The number of hydrogen-bond acceptors (Lipinski definition) is 4. The van der Waals surface area contributed by atoms with Crippen LogP contribution in [0.2, 0.25) is 0 Å². The van der Waals surface area contributed by atoms with E-state index in [0.717, 1.165) is 12.8 Å². The molecule has 0 aromatic carbocycles. The molecule has 0 saturated carbocycles. The third kappa shape index (κ3) is 12.3. The van der Waals surface area contributed by atoms with Crippen molar-refractivity contribution in [2.75, 3.05) is 13.2 Å². The number of ether oxygens (including phenoxy) is 2. The summed E-state index contributed by atoms with van der Waals surface area (Å²) in [5, 5.41) is 16.3. The van der Waals surface area contributed by atoms with Gasteiger partial charge in [0.05, 0.1) is 13.2 Å². The van der Waals surface area contributed by atoms with Gasteiger partial charge >= 0.3 is 12.3 Å². The molecule has 6 heteroatoms. The molecule has 92 valence electrons. The van der Waals surface area contributed by atoms with Gasteiger partial charge in [-0.3, -0.25) is 0 Å². The minimum Gasteiger partial charge on any atom is -0.450 e. The van der Waals surface area contributed by atoms with E-state index in [0.29, 0.717) is 12.8 Å². The van der Waals surface area contributed by atoms with Crippen molar-refractivity contribution in [3.05, 3.63) is 12.2 Å². The van der Waals surface area contributed by atoms with Crippen molar-refractivity contribution in [3.8, 4) is 0 Å². The molecule has 0 amide bonds. The van der Waals surface area contributed by atoms with Crippen LogP contribution in [0.25, 0.3) is 0 Å². The van der Waals surface area contributed by atoms with E-state index in [1.807, 2.05) is 12.2 Å². The average molecular weight is 232 g/mol. The molecule has 0 saturated heterocycles. The molecule has 0 aromatic heterocycles. The lowest BCUT2D eigenvalue weighted by Crippen LogP contribution is -2.01. The molecular weight excluding hydrogens is 216 g/mol. The Morgan fingerprint density at radius 3 is 2.06 bits per heavy atom. The number of rotatable bonds is 8. The molecule has 0 aliphatic rings. The Morgan fingerprint density at radius 1 is 0.875 bits per heavy atom. The Labute approximate surface area is 93.5 Å². The molecule has 0 bridgehead atoms. The van der Waals surface area contributed by atoms with E-state index in [4.69, 9.17) is 10.2 Å². The fourth-order valence-electron chi connectivity index (χ4n) is 0.974. The number of carboxylic acid groups (broad SMARTS) is 2. The minimum absolute atomic E-state index is 0.161. The van der Waals surface area contributed by atoms with E-state index in [1.165, 1.54) is 0 Å². The largest absolute Gasteiger partial charge is 0.505 e. The summed E-state index contributed by atoms with van der Waals surface area (Å²) in [6.45, 7) is 0.374. The van der Waals surface area contributed by atoms with Gasteiger partial charge in [-0.1, -0.05) is 12.2 Å². The Kier molecular flexibility index (Phi) is 8.76. The van der Waals surface area contributed by atoms with Crippen molar-refractivity contribution in [3.63, 3.8) is 0 Å². The summed E-state index contributed by atoms with van der Waals surface area (Å²) in [4.78, 5) is 19.9. The Balaban J connectivity index is 3.15. The highest BCUT2D eigenvalue weighted by Crippen LogP contribution is 1.98. The molecule has 0 atom stereocenters. The Morgan fingerprint density at radius 2 is 1.44 bits per heavy atom. The summed E-state index contributed by atoms with van der Waals surface area (Å²) in [6, 6.07) is 0.